The smallest absolute Gasteiger partial charge is 0.183 e. The van der Waals surface area contributed by atoms with E-state index >= 15 is 0 Å². The second kappa shape index (κ2) is 4.77. The highest BCUT2D eigenvalue weighted by Gasteiger charge is 2.27. The zero-order valence-electron chi connectivity index (χ0n) is 9.99. The Balaban J connectivity index is 4.43. The Bertz CT molecular complexity index is 264. The van der Waals surface area contributed by atoms with Crippen LogP contribution in [0.2, 0.25) is 19.6 Å². The van der Waals surface area contributed by atoms with Crippen LogP contribution in [0.5, 0.6) is 0 Å². The van der Waals surface area contributed by atoms with Gasteiger partial charge in [-0.3, -0.25) is 0 Å². The van der Waals surface area contributed by atoms with E-state index in [1.807, 2.05) is 13.8 Å². The number of rotatable bonds is 5. The zero-order chi connectivity index (χ0) is 11.6. The Morgan fingerprint density at radius 3 is 1.86 bits per heavy atom. The van der Waals surface area contributed by atoms with Gasteiger partial charge in [-0.25, -0.2) is 8.42 Å². The maximum absolute atomic E-state index is 11.4. The maximum Gasteiger partial charge on any atom is 0.183 e. The van der Waals surface area contributed by atoms with Crippen molar-refractivity contribution in [1.29, 1.82) is 0 Å². The Morgan fingerprint density at radius 1 is 1.21 bits per heavy atom. The Morgan fingerprint density at radius 2 is 1.64 bits per heavy atom. The van der Waals surface area contributed by atoms with Gasteiger partial charge in [0.25, 0.3) is 0 Å². The van der Waals surface area contributed by atoms with Crippen molar-refractivity contribution in [3.8, 4) is 0 Å². The van der Waals surface area contributed by atoms with Crippen LogP contribution in [0.25, 0.3) is 0 Å². The molecule has 0 rings (SSSR count). The molecule has 1 atom stereocenters. The highest BCUT2D eigenvalue weighted by atomic mass is 32.2. The third-order valence-corrected chi connectivity index (χ3v) is 4.79. The van der Waals surface area contributed by atoms with Gasteiger partial charge in [0.1, 0.15) is 0 Å². The molecule has 0 aromatic heterocycles. The minimum Gasteiger partial charge on any atom is -0.416 e. The molecule has 1 unspecified atom stereocenters. The van der Waals surface area contributed by atoms with Gasteiger partial charge in [-0.2, -0.15) is 0 Å². The predicted octanol–water partition coefficient (Wildman–Crippen LogP) is 1.91. The van der Waals surface area contributed by atoms with Crippen molar-refractivity contribution in [2.45, 2.75) is 38.7 Å². The lowest BCUT2D eigenvalue weighted by Crippen LogP contribution is -2.36. The average molecular weight is 238 g/mol. The fraction of sp³-hybridized carbons (Fsp3) is 1.00. The molecule has 0 N–H and O–H groups in total. The quantitative estimate of drug-likeness (QED) is 0.687. The summed E-state index contributed by atoms with van der Waals surface area (Å²) in [5.74, 6) is 0.112. The molecule has 0 radical (unpaired) electrons. The van der Waals surface area contributed by atoms with Crippen LogP contribution in [0, 0.1) is 5.92 Å². The second-order valence-corrected chi connectivity index (χ2v) is 11.8. The van der Waals surface area contributed by atoms with Gasteiger partial charge in [-0.1, -0.05) is 13.8 Å². The molecule has 3 nitrogen and oxygen atoms in total. The van der Waals surface area contributed by atoms with Gasteiger partial charge in [0.15, 0.2) is 18.2 Å². The summed E-state index contributed by atoms with van der Waals surface area (Å²) in [6.07, 6.45) is 1.28. The van der Waals surface area contributed by atoms with E-state index in [-0.39, 0.29) is 11.2 Å². The van der Waals surface area contributed by atoms with Crippen molar-refractivity contribution < 1.29 is 12.8 Å². The molecule has 0 aliphatic heterocycles. The summed E-state index contributed by atoms with van der Waals surface area (Å²) in [6, 6.07) is 0. The number of sulfone groups is 1. The average Bonchev–Trinajstić information content (AvgIpc) is 1.79. The molecule has 0 bridgehead atoms. The fourth-order valence-corrected chi connectivity index (χ4v) is 3.25. The molecule has 14 heavy (non-hydrogen) atoms. The van der Waals surface area contributed by atoms with Crippen LogP contribution in [-0.4, -0.2) is 34.8 Å². The van der Waals surface area contributed by atoms with Crippen LogP contribution in [0.1, 0.15) is 13.8 Å². The molecule has 0 aliphatic carbocycles. The van der Waals surface area contributed by atoms with E-state index in [1.54, 1.807) is 0 Å². The molecule has 0 aliphatic rings. The van der Waals surface area contributed by atoms with Crippen LogP contribution in [0.15, 0.2) is 0 Å². The molecule has 0 fully saturated rings. The fourth-order valence-electron chi connectivity index (χ4n) is 1.14. The summed E-state index contributed by atoms with van der Waals surface area (Å²) in [5, 5.41) is -0.366. The van der Waals surface area contributed by atoms with Crippen LogP contribution in [-0.2, 0) is 14.3 Å². The van der Waals surface area contributed by atoms with Crippen LogP contribution in [0.4, 0.5) is 0 Å². The minimum absolute atomic E-state index is 0.112. The minimum atomic E-state index is -2.99. The van der Waals surface area contributed by atoms with Gasteiger partial charge in [0, 0.05) is 6.26 Å². The second-order valence-electron chi connectivity index (χ2n) is 5.04. The maximum atomic E-state index is 11.4. The van der Waals surface area contributed by atoms with Crippen molar-refractivity contribution >= 4 is 18.2 Å². The molecule has 0 saturated heterocycles. The molecular weight excluding hydrogens is 216 g/mol. The van der Waals surface area contributed by atoms with E-state index in [4.69, 9.17) is 4.43 Å². The molecule has 5 heteroatoms. The van der Waals surface area contributed by atoms with E-state index in [9.17, 15) is 8.42 Å². The topological polar surface area (TPSA) is 43.4 Å². The zero-order valence-corrected chi connectivity index (χ0v) is 11.8. The van der Waals surface area contributed by atoms with Crippen molar-refractivity contribution in [2.75, 3.05) is 12.9 Å². The van der Waals surface area contributed by atoms with Crippen molar-refractivity contribution in [3.05, 3.63) is 0 Å². The first-order chi connectivity index (χ1) is 6.04. The third-order valence-electron chi connectivity index (χ3n) is 1.97. The number of hydrogen-bond donors (Lipinski definition) is 0. The molecule has 0 amide bonds. The molecule has 0 spiro atoms. The van der Waals surface area contributed by atoms with Gasteiger partial charge < -0.3 is 4.43 Å². The third kappa shape index (κ3) is 5.77. The first kappa shape index (κ1) is 14.1. The van der Waals surface area contributed by atoms with Crippen molar-refractivity contribution in [3.63, 3.8) is 0 Å². The Kier molecular flexibility index (Phi) is 4.81. The van der Waals surface area contributed by atoms with Crippen LogP contribution >= 0.6 is 0 Å². The molecule has 0 saturated carbocycles. The van der Waals surface area contributed by atoms with Gasteiger partial charge in [0.2, 0.25) is 0 Å². The van der Waals surface area contributed by atoms with E-state index in [1.165, 1.54) is 6.26 Å². The SMILES string of the molecule is CC(C)C(CO[Si](C)(C)C)S(C)(=O)=O. The van der Waals surface area contributed by atoms with E-state index in [0.29, 0.717) is 6.61 Å². The normalized spacial score (nSPS) is 15.9. The lowest BCUT2D eigenvalue weighted by atomic mass is 10.1. The van der Waals surface area contributed by atoms with Gasteiger partial charge in [-0.05, 0) is 25.6 Å². The Hall–Kier alpha value is 0.127. The Labute approximate surface area is 88.9 Å². The highest BCUT2D eigenvalue weighted by Crippen LogP contribution is 2.14. The monoisotopic (exact) mass is 238 g/mol. The lowest BCUT2D eigenvalue weighted by Gasteiger charge is -2.24. The summed E-state index contributed by atoms with van der Waals surface area (Å²) in [6.45, 7) is 10.4. The van der Waals surface area contributed by atoms with E-state index < -0.39 is 18.2 Å². The molecule has 0 aromatic rings. The largest absolute Gasteiger partial charge is 0.416 e. The highest BCUT2D eigenvalue weighted by molar-refractivity contribution is 7.91. The van der Waals surface area contributed by atoms with Gasteiger partial charge >= 0.3 is 0 Å². The van der Waals surface area contributed by atoms with Crippen LogP contribution < -0.4 is 0 Å². The van der Waals surface area contributed by atoms with Crippen molar-refractivity contribution in [2.24, 2.45) is 5.92 Å². The standard InChI is InChI=1S/C9H22O3SSi/c1-8(2)9(13(3,10)11)7-12-14(4,5)6/h8-9H,7H2,1-6H3. The first-order valence-electron chi connectivity index (χ1n) is 4.87. The summed E-state index contributed by atoms with van der Waals surface area (Å²) >= 11 is 0. The molecule has 0 aromatic carbocycles. The van der Waals surface area contributed by atoms with Crippen molar-refractivity contribution in [1.82, 2.24) is 0 Å². The molecule has 0 heterocycles. The summed E-state index contributed by atoms with van der Waals surface area (Å²) in [5.41, 5.74) is 0. The summed E-state index contributed by atoms with van der Waals surface area (Å²) < 4.78 is 28.5. The summed E-state index contributed by atoms with van der Waals surface area (Å²) in [7, 11) is -4.60. The molecule has 86 valence electrons. The predicted molar refractivity (Wildman–Crippen MR) is 62.8 cm³/mol. The van der Waals surface area contributed by atoms with E-state index in [0.717, 1.165) is 0 Å². The van der Waals surface area contributed by atoms with Crippen LogP contribution in [0.3, 0.4) is 0 Å². The summed E-state index contributed by atoms with van der Waals surface area (Å²) in [4.78, 5) is 0. The van der Waals surface area contributed by atoms with Gasteiger partial charge in [0.05, 0.1) is 11.9 Å². The molecular formula is C9H22O3SSi. The van der Waals surface area contributed by atoms with E-state index in [2.05, 4.69) is 19.6 Å². The van der Waals surface area contributed by atoms with Gasteiger partial charge in [-0.15, -0.1) is 0 Å². The lowest BCUT2D eigenvalue weighted by molar-refractivity contribution is 0.285. The first-order valence-corrected chi connectivity index (χ1v) is 10.2. The number of hydrogen-bond acceptors (Lipinski definition) is 3.